The largest absolute Gasteiger partial charge is 0.387 e. The summed E-state index contributed by atoms with van der Waals surface area (Å²) in [4.78, 5) is 18.6. The van der Waals surface area contributed by atoms with Crippen LogP contribution in [0.5, 0.6) is 0 Å². The molecule has 0 radical (unpaired) electrons. The molecule has 0 aliphatic rings. The van der Waals surface area contributed by atoms with Crippen LogP contribution in [0.4, 0.5) is 11.6 Å². The Bertz CT molecular complexity index is 478. The topological polar surface area (TPSA) is 69.8 Å². The predicted octanol–water partition coefficient (Wildman–Crippen LogP) is 1.70. The maximum atomic E-state index is 11.9. The molecule has 16 heavy (non-hydrogen) atoms. The molecule has 1 amide bonds. The van der Waals surface area contributed by atoms with Crippen molar-refractivity contribution < 1.29 is 4.79 Å². The second kappa shape index (κ2) is 4.48. The van der Waals surface area contributed by atoms with Crippen molar-refractivity contribution in [2.45, 2.75) is 0 Å². The van der Waals surface area contributed by atoms with Gasteiger partial charge in [0.15, 0.2) is 0 Å². The third-order valence-electron chi connectivity index (χ3n) is 2.17. The third kappa shape index (κ3) is 2.03. The molecule has 1 aromatic heterocycles. The van der Waals surface area contributed by atoms with Crippen LogP contribution in [0, 0.1) is 0 Å². The Kier molecular flexibility index (Phi) is 2.86. The fraction of sp³-hybridized carbons (Fsp3) is 0.0909. The van der Waals surface area contributed by atoms with Crippen molar-refractivity contribution in [2.24, 2.45) is 0 Å². The summed E-state index contributed by atoms with van der Waals surface area (Å²) in [6.45, 7) is 0. The Morgan fingerprint density at radius 1 is 1.38 bits per heavy atom. The lowest BCUT2D eigenvalue weighted by Gasteiger charge is -2.07. The van der Waals surface area contributed by atoms with Gasteiger partial charge in [0.2, 0.25) is 5.95 Å². The Morgan fingerprint density at radius 2 is 2.19 bits per heavy atom. The molecule has 0 aliphatic heterocycles. The van der Waals surface area contributed by atoms with Gasteiger partial charge in [-0.15, -0.1) is 0 Å². The van der Waals surface area contributed by atoms with Gasteiger partial charge in [-0.05, 0) is 12.1 Å². The Balaban J connectivity index is 2.21. The normalized spacial score (nSPS) is 9.81. The number of para-hydroxylation sites is 1. The number of nitrogens with one attached hydrogen (secondary N) is 3. The predicted molar refractivity (Wildman–Crippen MR) is 62.5 cm³/mol. The zero-order valence-corrected chi connectivity index (χ0v) is 8.82. The van der Waals surface area contributed by atoms with E-state index in [4.69, 9.17) is 0 Å². The van der Waals surface area contributed by atoms with E-state index in [0.717, 1.165) is 5.69 Å². The van der Waals surface area contributed by atoms with Gasteiger partial charge in [-0.3, -0.25) is 10.1 Å². The molecule has 2 rings (SSSR count). The molecule has 0 unspecified atom stereocenters. The number of aromatic nitrogens is 2. The number of aromatic amines is 1. The van der Waals surface area contributed by atoms with Crippen LogP contribution in [0.25, 0.3) is 0 Å². The quantitative estimate of drug-likeness (QED) is 0.731. The van der Waals surface area contributed by atoms with Crippen LogP contribution >= 0.6 is 0 Å². The first-order valence-corrected chi connectivity index (χ1v) is 4.89. The van der Waals surface area contributed by atoms with Crippen LogP contribution in [0.3, 0.4) is 0 Å². The minimum absolute atomic E-state index is 0.195. The zero-order chi connectivity index (χ0) is 11.4. The third-order valence-corrected chi connectivity index (χ3v) is 2.17. The van der Waals surface area contributed by atoms with Crippen molar-refractivity contribution in [3.63, 3.8) is 0 Å². The van der Waals surface area contributed by atoms with E-state index in [1.165, 1.54) is 0 Å². The van der Waals surface area contributed by atoms with Gasteiger partial charge in [-0.1, -0.05) is 12.1 Å². The number of anilines is 2. The van der Waals surface area contributed by atoms with Gasteiger partial charge >= 0.3 is 0 Å². The summed E-state index contributed by atoms with van der Waals surface area (Å²) >= 11 is 0. The molecular formula is C11H12N4O. The van der Waals surface area contributed by atoms with Gasteiger partial charge in [0, 0.05) is 25.1 Å². The summed E-state index contributed by atoms with van der Waals surface area (Å²) in [6, 6.07) is 7.29. The fourth-order valence-corrected chi connectivity index (χ4v) is 1.41. The summed E-state index contributed by atoms with van der Waals surface area (Å²) in [6.07, 6.45) is 3.24. The molecular weight excluding hydrogens is 204 g/mol. The number of hydrogen-bond donors (Lipinski definition) is 3. The average Bonchev–Trinajstić information content (AvgIpc) is 2.81. The highest BCUT2D eigenvalue weighted by Crippen LogP contribution is 2.15. The summed E-state index contributed by atoms with van der Waals surface area (Å²) < 4.78 is 0. The number of hydrogen-bond acceptors (Lipinski definition) is 3. The van der Waals surface area contributed by atoms with Gasteiger partial charge in [0.05, 0.1) is 5.56 Å². The van der Waals surface area contributed by atoms with E-state index in [2.05, 4.69) is 20.6 Å². The van der Waals surface area contributed by atoms with Crippen LogP contribution in [-0.4, -0.2) is 22.9 Å². The molecule has 5 nitrogen and oxygen atoms in total. The highest BCUT2D eigenvalue weighted by Gasteiger charge is 2.10. The number of carbonyl (C=O) groups is 1. The van der Waals surface area contributed by atoms with Crippen molar-refractivity contribution in [1.82, 2.24) is 9.97 Å². The number of rotatable bonds is 3. The lowest BCUT2D eigenvalue weighted by molar-refractivity contribution is 0.102. The van der Waals surface area contributed by atoms with Crippen molar-refractivity contribution in [3.05, 3.63) is 42.2 Å². The molecule has 0 saturated carbocycles. The van der Waals surface area contributed by atoms with E-state index >= 15 is 0 Å². The number of nitrogens with zero attached hydrogens (tertiary/aromatic N) is 1. The maximum absolute atomic E-state index is 11.9. The van der Waals surface area contributed by atoms with Crippen molar-refractivity contribution in [1.29, 1.82) is 0 Å². The van der Waals surface area contributed by atoms with Gasteiger partial charge in [0.25, 0.3) is 5.91 Å². The van der Waals surface area contributed by atoms with E-state index < -0.39 is 0 Å². The Labute approximate surface area is 92.9 Å². The minimum Gasteiger partial charge on any atom is -0.387 e. The monoisotopic (exact) mass is 216 g/mol. The average molecular weight is 216 g/mol. The SMILES string of the molecule is CNc1ccccc1C(=O)Nc1ncc[nH]1. The van der Waals surface area contributed by atoms with Crippen LogP contribution in [0.1, 0.15) is 10.4 Å². The summed E-state index contributed by atoms with van der Waals surface area (Å²) in [5, 5.41) is 5.63. The first kappa shape index (κ1) is 10.2. The summed E-state index contributed by atoms with van der Waals surface area (Å²) in [5.41, 5.74) is 1.37. The lowest BCUT2D eigenvalue weighted by Crippen LogP contribution is -2.14. The molecule has 3 N–H and O–H groups in total. The minimum atomic E-state index is -0.195. The molecule has 0 atom stereocenters. The van der Waals surface area contributed by atoms with Crippen LogP contribution in [0.15, 0.2) is 36.7 Å². The smallest absolute Gasteiger partial charge is 0.260 e. The fourth-order valence-electron chi connectivity index (χ4n) is 1.41. The summed E-state index contributed by atoms with van der Waals surface area (Å²) in [5.74, 6) is 0.246. The van der Waals surface area contributed by atoms with Crippen LogP contribution < -0.4 is 10.6 Å². The number of amides is 1. The number of imidazole rings is 1. The molecule has 1 aromatic carbocycles. The van der Waals surface area contributed by atoms with Gasteiger partial charge < -0.3 is 10.3 Å². The molecule has 0 fully saturated rings. The molecule has 5 heteroatoms. The van der Waals surface area contributed by atoms with E-state index in [1.54, 1.807) is 25.5 Å². The molecule has 0 saturated heterocycles. The lowest BCUT2D eigenvalue weighted by atomic mass is 10.1. The number of benzene rings is 1. The van der Waals surface area contributed by atoms with E-state index in [9.17, 15) is 4.79 Å². The van der Waals surface area contributed by atoms with Gasteiger partial charge in [0.1, 0.15) is 0 Å². The molecule has 82 valence electrons. The van der Waals surface area contributed by atoms with Crippen molar-refractivity contribution in [2.75, 3.05) is 17.7 Å². The Morgan fingerprint density at radius 3 is 2.88 bits per heavy atom. The van der Waals surface area contributed by atoms with Gasteiger partial charge in [-0.25, -0.2) is 4.98 Å². The van der Waals surface area contributed by atoms with Crippen LogP contribution in [0.2, 0.25) is 0 Å². The first-order valence-electron chi connectivity index (χ1n) is 4.89. The van der Waals surface area contributed by atoms with Crippen molar-refractivity contribution in [3.8, 4) is 0 Å². The molecule has 0 aliphatic carbocycles. The second-order valence-corrected chi connectivity index (χ2v) is 3.19. The standard InChI is InChI=1S/C11H12N4O/c1-12-9-5-3-2-4-8(9)10(16)15-11-13-6-7-14-11/h2-7,12H,1H3,(H2,13,14,15,16). The highest BCUT2D eigenvalue weighted by atomic mass is 16.1. The molecule has 1 heterocycles. The molecule has 2 aromatic rings. The van der Waals surface area contributed by atoms with E-state index in [-0.39, 0.29) is 5.91 Å². The second-order valence-electron chi connectivity index (χ2n) is 3.19. The zero-order valence-electron chi connectivity index (χ0n) is 8.82. The van der Waals surface area contributed by atoms with Gasteiger partial charge in [-0.2, -0.15) is 0 Å². The first-order chi connectivity index (χ1) is 7.81. The van der Waals surface area contributed by atoms with E-state index in [1.807, 2.05) is 18.2 Å². The maximum Gasteiger partial charge on any atom is 0.260 e. The highest BCUT2D eigenvalue weighted by molar-refractivity contribution is 6.07. The summed E-state index contributed by atoms with van der Waals surface area (Å²) in [7, 11) is 1.78. The van der Waals surface area contributed by atoms with E-state index in [0.29, 0.717) is 11.5 Å². The van der Waals surface area contributed by atoms with Crippen LogP contribution in [-0.2, 0) is 0 Å². The Hall–Kier alpha value is -2.30. The number of H-pyrrole nitrogens is 1. The molecule has 0 bridgehead atoms. The van der Waals surface area contributed by atoms with Crippen molar-refractivity contribution >= 4 is 17.5 Å². The molecule has 0 spiro atoms. The number of carbonyl (C=O) groups excluding carboxylic acids is 1.